The summed E-state index contributed by atoms with van der Waals surface area (Å²) < 4.78 is 25.5. The first kappa shape index (κ1) is 13.4. The average molecular weight is 253 g/mol. The minimum atomic E-state index is -3.62. The monoisotopic (exact) mass is 253 g/mol. The van der Waals surface area contributed by atoms with Gasteiger partial charge in [0, 0.05) is 6.54 Å². The lowest BCUT2D eigenvalue weighted by Crippen LogP contribution is -2.38. The topological polar surface area (TPSA) is 87.2 Å². The van der Waals surface area contributed by atoms with Gasteiger partial charge < -0.3 is 5.73 Å². The van der Waals surface area contributed by atoms with Gasteiger partial charge in [0.25, 0.3) is 0 Å². The van der Waals surface area contributed by atoms with Gasteiger partial charge in [0.2, 0.25) is 10.0 Å². The normalized spacial score (nSPS) is 11.4. The van der Waals surface area contributed by atoms with Crippen LogP contribution in [0.3, 0.4) is 0 Å². The Hall–Kier alpha value is -1.66. The number of hydrogen-bond acceptors (Lipinski definition) is 3. The van der Waals surface area contributed by atoms with Crippen LogP contribution in [0.5, 0.6) is 0 Å². The Morgan fingerprint density at radius 2 is 2.00 bits per heavy atom. The highest BCUT2D eigenvalue weighted by atomic mass is 32.2. The van der Waals surface area contributed by atoms with Gasteiger partial charge in [-0.2, -0.15) is 4.31 Å². The maximum Gasteiger partial charge on any atom is 0.243 e. The lowest BCUT2D eigenvalue weighted by molar-refractivity contribution is 0.480. The Morgan fingerprint density at radius 1 is 1.41 bits per heavy atom. The van der Waals surface area contributed by atoms with Crippen molar-refractivity contribution in [3.8, 4) is 0 Å². The zero-order valence-corrected chi connectivity index (χ0v) is 10.2. The van der Waals surface area contributed by atoms with Gasteiger partial charge in [0.1, 0.15) is 5.84 Å². The predicted octanol–water partition coefficient (Wildman–Crippen LogP) is 0.799. The van der Waals surface area contributed by atoms with Crippen molar-refractivity contribution in [2.45, 2.75) is 4.90 Å². The second kappa shape index (κ2) is 5.60. The van der Waals surface area contributed by atoms with Gasteiger partial charge in [0.05, 0.1) is 11.4 Å². The van der Waals surface area contributed by atoms with Crippen molar-refractivity contribution in [2.24, 2.45) is 5.73 Å². The molecule has 0 fully saturated rings. The van der Waals surface area contributed by atoms with E-state index in [0.29, 0.717) is 0 Å². The number of nitrogens with one attached hydrogen (secondary N) is 1. The fourth-order valence-corrected chi connectivity index (χ4v) is 2.73. The smallest absolute Gasteiger partial charge is 0.243 e. The Bertz CT molecular complexity index is 497. The van der Waals surface area contributed by atoms with E-state index in [9.17, 15) is 8.42 Å². The number of amidine groups is 1. The third-order valence-electron chi connectivity index (χ3n) is 2.06. The van der Waals surface area contributed by atoms with E-state index < -0.39 is 10.0 Å². The van der Waals surface area contributed by atoms with E-state index in [1.54, 1.807) is 18.2 Å². The summed E-state index contributed by atoms with van der Waals surface area (Å²) in [5.74, 6) is -0.202. The van der Waals surface area contributed by atoms with Crippen LogP contribution in [0, 0.1) is 5.41 Å². The molecule has 1 aromatic rings. The third-order valence-corrected chi connectivity index (χ3v) is 3.89. The Balaban J connectivity index is 3.08. The van der Waals surface area contributed by atoms with Gasteiger partial charge in [-0.15, -0.1) is 6.58 Å². The molecule has 0 spiro atoms. The SMILES string of the molecule is C=CCN(CC(=N)N)S(=O)(=O)c1ccccc1. The highest BCUT2D eigenvalue weighted by Crippen LogP contribution is 2.14. The van der Waals surface area contributed by atoms with E-state index in [1.807, 2.05) is 0 Å². The van der Waals surface area contributed by atoms with E-state index in [0.717, 1.165) is 4.31 Å². The molecule has 0 radical (unpaired) electrons. The summed E-state index contributed by atoms with van der Waals surface area (Å²) in [5.41, 5.74) is 5.24. The van der Waals surface area contributed by atoms with Gasteiger partial charge in [-0.3, -0.25) is 5.41 Å². The van der Waals surface area contributed by atoms with Crippen LogP contribution in [0.25, 0.3) is 0 Å². The molecule has 6 heteroatoms. The van der Waals surface area contributed by atoms with Crippen molar-refractivity contribution >= 4 is 15.9 Å². The van der Waals surface area contributed by atoms with Crippen LogP contribution < -0.4 is 5.73 Å². The molecule has 1 aromatic carbocycles. The highest BCUT2D eigenvalue weighted by Gasteiger charge is 2.23. The molecular weight excluding hydrogens is 238 g/mol. The van der Waals surface area contributed by atoms with Gasteiger partial charge in [-0.25, -0.2) is 8.42 Å². The Labute approximate surface area is 101 Å². The van der Waals surface area contributed by atoms with Crippen LogP contribution in [-0.2, 0) is 10.0 Å². The molecule has 0 amide bonds. The van der Waals surface area contributed by atoms with Crippen LogP contribution in [-0.4, -0.2) is 31.6 Å². The number of nitrogens with two attached hydrogens (primary N) is 1. The van der Waals surface area contributed by atoms with Gasteiger partial charge >= 0.3 is 0 Å². The molecule has 92 valence electrons. The largest absolute Gasteiger partial charge is 0.387 e. The van der Waals surface area contributed by atoms with E-state index in [4.69, 9.17) is 11.1 Å². The summed E-state index contributed by atoms with van der Waals surface area (Å²) in [7, 11) is -3.62. The van der Waals surface area contributed by atoms with Crippen molar-refractivity contribution in [1.29, 1.82) is 5.41 Å². The second-order valence-electron chi connectivity index (χ2n) is 3.42. The number of hydrogen-bond donors (Lipinski definition) is 2. The molecule has 0 unspecified atom stereocenters. The predicted molar refractivity (Wildman–Crippen MR) is 67.3 cm³/mol. The van der Waals surface area contributed by atoms with E-state index in [1.165, 1.54) is 18.2 Å². The lowest BCUT2D eigenvalue weighted by Gasteiger charge is -2.19. The van der Waals surface area contributed by atoms with Gasteiger partial charge in [0.15, 0.2) is 0 Å². The zero-order chi connectivity index (χ0) is 12.9. The molecule has 0 aliphatic rings. The van der Waals surface area contributed by atoms with Crippen LogP contribution in [0.4, 0.5) is 0 Å². The van der Waals surface area contributed by atoms with Gasteiger partial charge in [-0.05, 0) is 12.1 Å². The molecule has 3 N–H and O–H groups in total. The van der Waals surface area contributed by atoms with Crippen molar-refractivity contribution in [3.63, 3.8) is 0 Å². The fourth-order valence-electron chi connectivity index (χ4n) is 1.32. The van der Waals surface area contributed by atoms with E-state index >= 15 is 0 Å². The second-order valence-corrected chi connectivity index (χ2v) is 5.36. The van der Waals surface area contributed by atoms with Crippen LogP contribution >= 0.6 is 0 Å². The first-order valence-corrected chi connectivity index (χ1v) is 6.41. The molecule has 0 atom stereocenters. The molecule has 5 nitrogen and oxygen atoms in total. The fraction of sp³-hybridized carbons (Fsp3) is 0.182. The molecule has 0 heterocycles. The molecule has 0 bridgehead atoms. The molecule has 1 rings (SSSR count). The van der Waals surface area contributed by atoms with Gasteiger partial charge in [-0.1, -0.05) is 24.3 Å². The van der Waals surface area contributed by atoms with Crippen molar-refractivity contribution in [3.05, 3.63) is 43.0 Å². The van der Waals surface area contributed by atoms with Crippen molar-refractivity contribution < 1.29 is 8.42 Å². The van der Waals surface area contributed by atoms with E-state index in [-0.39, 0.29) is 23.8 Å². The molecule has 0 aliphatic carbocycles. The van der Waals surface area contributed by atoms with Crippen LogP contribution in [0.1, 0.15) is 0 Å². The minimum Gasteiger partial charge on any atom is -0.387 e. The maximum atomic E-state index is 12.2. The summed E-state index contributed by atoms with van der Waals surface area (Å²) in [4.78, 5) is 0.183. The number of benzene rings is 1. The summed E-state index contributed by atoms with van der Waals surface area (Å²) in [6.07, 6.45) is 1.46. The summed E-state index contributed by atoms with van der Waals surface area (Å²) in [6, 6.07) is 8.04. The highest BCUT2D eigenvalue weighted by molar-refractivity contribution is 7.89. The molecule has 0 saturated carbocycles. The third kappa shape index (κ3) is 3.40. The van der Waals surface area contributed by atoms with E-state index in [2.05, 4.69) is 6.58 Å². The molecule has 0 aromatic heterocycles. The molecular formula is C11H15N3O2S. The Kier molecular flexibility index (Phi) is 4.42. The molecule has 0 saturated heterocycles. The zero-order valence-electron chi connectivity index (χ0n) is 9.33. The minimum absolute atomic E-state index is 0.122. The van der Waals surface area contributed by atoms with Crippen molar-refractivity contribution in [2.75, 3.05) is 13.1 Å². The summed E-state index contributed by atoms with van der Waals surface area (Å²) in [5, 5.41) is 7.18. The van der Waals surface area contributed by atoms with Crippen LogP contribution in [0.15, 0.2) is 47.9 Å². The Morgan fingerprint density at radius 3 is 2.47 bits per heavy atom. The standard InChI is InChI=1S/C11H15N3O2S/c1-2-8-14(9-11(12)13)17(15,16)10-6-4-3-5-7-10/h2-7H,1,8-9H2,(H3,12,13). The number of rotatable bonds is 6. The first-order valence-electron chi connectivity index (χ1n) is 4.97. The first-order chi connectivity index (χ1) is 7.98. The number of nitrogens with zero attached hydrogens (tertiary/aromatic N) is 1. The quantitative estimate of drug-likeness (QED) is 0.446. The molecule has 0 aliphatic heterocycles. The summed E-state index contributed by atoms with van der Waals surface area (Å²) >= 11 is 0. The average Bonchev–Trinajstić information content (AvgIpc) is 2.29. The molecule has 17 heavy (non-hydrogen) atoms. The summed E-state index contributed by atoms with van der Waals surface area (Å²) in [6.45, 7) is 3.48. The lowest BCUT2D eigenvalue weighted by atomic mass is 10.4. The van der Waals surface area contributed by atoms with Crippen LogP contribution in [0.2, 0.25) is 0 Å². The number of sulfonamides is 1. The van der Waals surface area contributed by atoms with Crippen molar-refractivity contribution in [1.82, 2.24) is 4.31 Å². The maximum absolute atomic E-state index is 12.2.